The van der Waals surface area contributed by atoms with Gasteiger partial charge in [-0.2, -0.15) is 0 Å². The molecule has 0 bridgehead atoms. The van der Waals surface area contributed by atoms with Crippen LogP contribution in [0.3, 0.4) is 0 Å². The van der Waals surface area contributed by atoms with Crippen LogP contribution in [-0.4, -0.2) is 10.9 Å². The third-order valence-electron chi connectivity index (χ3n) is 2.40. The summed E-state index contributed by atoms with van der Waals surface area (Å²) in [5.41, 5.74) is 0.583. The van der Waals surface area contributed by atoms with Crippen LogP contribution in [0.4, 0.5) is 0 Å². The molecular formula is C14H12O2. The smallest absolute Gasteiger partial charge is 0.185 e. The van der Waals surface area contributed by atoms with Crippen LogP contribution in [0.15, 0.2) is 60.7 Å². The summed E-state index contributed by atoms with van der Waals surface area (Å²) >= 11 is 0. The second-order valence-corrected chi connectivity index (χ2v) is 3.62. The monoisotopic (exact) mass is 212 g/mol. The van der Waals surface area contributed by atoms with Gasteiger partial charge < -0.3 is 5.11 Å². The molecule has 0 radical (unpaired) electrons. The van der Waals surface area contributed by atoms with Gasteiger partial charge >= 0.3 is 0 Å². The van der Waals surface area contributed by atoms with Gasteiger partial charge in [0.05, 0.1) is 0 Å². The molecule has 0 aliphatic heterocycles. The fourth-order valence-corrected chi connectivity index (χ4v) is 1.50. The summed E-state index contributed by atoms with van der Waals surface area (Å²) in [6.07, 6.45) is 11.4. The zero-order valence-electron chi connectivity index (χ0n) is 8.71. The maximum Gasteiger partial charge on any atom is 0.185 e. The summed E-state index contributed by atoms with van der Waals surface area (Å²) in [5, 5.41) is 9.09. The van der Waals surface area contributed by atoms with E-state index in [0.29, 0.717) is 5.56 Å². The Morgan fingerprint density at radius 3 is 2.38 bits per heavy atom. The number of benzene rings is 1. The van der Waals surface area contributed by atoms with Crippen molar-refractivity contribution in [3.8, 4) is 5.75 Å². The van der Waals surface area contributed by atoms with Crippen molar-refractivity contribution >= 4 is 5.78 Å². The molecule has 1 aliphatic carbocycles. The summed E-state index contributed by atoms with van der Waals surface area (Å²) in [6, 6.07) is 6.25. The van der Waals surface area contributed by atoms with Gasteiger partial charge in [0.25, 0.3) is 0 Å². The average molecular weight is 212 g/mol. The Balaban J connectivity index is 2.05. The molecule has 2 rings (SSSR count). The topological polar surface area (TPSA) is 37.3 Å². The zero-order chi connectivity index (χ0) is 11.4. The Morgan fingerprint density at radius 1 is 1.12 bits per heavy atom. The van der Waals surface area contributed by atoms with Crippen molar-refractivity contribution in [1.82, 2.24) is 0 Å². The van der Waals surface area contributed by atoms with E-state index >= 15 is 0 Å². The third kappa shape index (κ3) is 2.48. The molecule has 16 heavy (non-hydrogen) atoms. The molecule has 0 saturated heterocycles. The van der Waals surface area contributed by atoms with Crippen LogP contribution in [0.2, 0.25) is 0 Å². The Labute approximate surface area is 94.2 Å². The van der Waals surface area contributed by atoms with Gasteiger partial charge in [-0.05, 0) is 30.3 Å². The van der Waals surface area contributed by atoms with E-state index in [1.165, 1.54) is 12.1 Å². The quantitative estimate of drug-likeness (QED) is 0.618. The van der Waals surface area contributed by atoms with Crippen molar-refractivity contribution in [3.05, 3.63) is 66.3 Å². The predicted octanol–water partition coefficient (Wildman–Crippen LogP) is 2.87. The lowest BCUT2D eigenvalue weighted by atomic mass is 10.1. The van der Waals surface area contributed by atoms with Crippen LogP contribution in [0, 0.1) is 5.92 Å². The summed E-state index contributed by atoms with van der Waals surface area (Å²) in [7, 11) is 0. The predicted molar refractivity (Wildman–Crippen MR) is 63.3 cm³/mol. The molecule has 0 spiro atoms. The van der Waals surface area contributed by atoms with E-state index in [0.717, 1.165) is 0 Å². The first-order valence-corrected chi connectivity index (χ1v) is 5.12. The van der Waals surface area contributed by atoms with E-state index < -0.39 is 0 Å². The van der Waals surface area contributed by atoms with Gasteiger partial charge in [0.2, 0.25) is 0 Å². The van der Waals surface area contributed by atoms with Crippen molar-refractivity contribution in [1.29, 1.82) is 0 Å². The number of allylic oxidation sites excluding steroid dienone is 6. The lowest BCUT2D eigenvalue weighted by molar-refractivity contribution is 0.104. The van der Waals surface area contributed by atoms with Crippen molar-refractivity contribution in [2.75, 3.05) is 0 Å². The number of carbonyl (C=O) groups is 1. The minimum Gasteiger partial charge on any atom is -0.508 e. The lowest BCUT2D eigenvalue weighted by Gasteiger charge is -1.97. The Hall–Kier alpha value is -2.09. The number of hydrogen-bond donors (Lipinski definition) is 1. The van der Waals surface area contributed by atoms with Crippen LogP contribution in [0.25, 0.3) is 0 Å². The van der Waals surface area contributed by atoms with Gasteiger partial charge in [-0.1, -0.05) is 30.4 Å². The molecule has 1 aromatic carbocycles. The molecule has 0 fully saturated rings. The number of hydrogen-bond acceptors (Lipinski definition) is 2. The van der Waals surface area contributed by atoms with Crippen LogP contribution in [0.5, 0.6) is 5.75 Å². The van der Waals surface area contributed by atoms with Gasteiger partial charge in [-0.15, -0.1) is 0 Å². The highest BCUT2D eigenvalue weighted by atomic mass is 16.3. The summed E-state index contributed by atoms with van der Waals surface area (Å²) in [6.45, 7) is 0. The highest BCUT2D eigenvalue weighted by molar-refractivity contribution is 6.04. The Kier molecular flexibility index (Phi) is 3.01. The Morgan fingerprint density at radius 2 is 1.75 bits per heavy atom. The first-order chi connectivity index (χ1) is 7.75. The number of phenolic OH excluding ortho intramolecular Hbond substituents is 1. The van der Waals surface area contributed by atoms with Crippen molar-refractivity contribution in [3.63, 3.8) is 0 Å². The first-order valence-electron chi connectivity index (χ1n) is 5.12. The number of ketones is 1. The second-order valence-electron chi connectivity index (χ2n) is 3.62. The first kappa shape index (κ1) is 10.4. The highest BCUT2D eigenvalue weighted by Crippen LogP contribution is 2.13. The van der Waals surface area contributed by atoms with Crippen molar-refractivity contribution in [2.24, 2.45) is 5.92 Å². The highest BCUT2D eigenvalue weighted by Gasteiger charge is 2.03. The lowest BCUT2D eigenvalue weighted by Crippen LogP contribution is -1.94. The summed E-state index contributed by atoms with van der Waals surface area (Å²) in [5.74, 6) is 0.344. The maximum atomic E-state index is 11.7. The number of carbonyl (C=O) groups excluding carboxylic acids is 1. The van der Waals surface area contributed by atoms with Gasteiger partial charge in [0.1, 0.15) is 5.75 Å². The number of rotatable bonds is 3. The van der Waals surface area contributed by atoms with Crippen molar-refractivity contribution in [2.45, 2.75) is 0 Å². The largest absolute Gasteiger partial charge is 0.508 e. The third-order valence-corrected chi connectivity index (χ3v) is 2.40. The molecular weight excluding hydrogens is 200 g/mol. The molecule has 1 aromatic rings. The molecule has 0 aromatic heterocycles. The van der Waals surface area contributed by atoms with Crippen LogP contribution in [0.1, 0.15) is 10.4 Å². The normalized spacial score (nSPS) is 15.0. The van der Waals surface area contributed by atoms with Gasteiger partial charge in [0, 0.05) is 11.5 Å². The molecule has 80 valence electrons. The van der Waals surface area contributed by atoms with E-state index in [1.54, 1.807) is 18.2 Å². The van der Waals surface area contributed by atoms with Gasteiger partial charge in [-0.25, -0.2) is 0 Å². The molecule has 2 nitrogen and oxygen atoms in total. The van der Waals surface area contributed by atoms with E-state index in [4.69, 9.17) is 5.11 Å². The number of phenols is 1. The summed E-state index contributed by atoms with van der Waals surface area (Å²) in [4.78, 5) is 11.7. The number of aromatic hydroxyl groups is 1. The van der Waals surface area contributed by atoms with Gasteiger partial charge in [0.15, 0.2) is 5.78 Å². The van der Waals surface area contributed by atoms with Crippen molar-refractivity contribution < 1.29 is 9.90 Å². The molecule has 2 heteroatoms. The second kappa shape index (κ2) is 4.62. The fourth-order valence-electron chi connectivity index (χ4n) is 1.50. The van der Waals surface area contributed by atoms with E-state index in [-0.39, 0.29) is 17.5 Å². The SMILES string of the molecule is O=C(/C=C/C1C=CC=C1)c1ccc(O)cc1. The minimum atomic E-state index is -0.0475. The Bertz CT molecular complexity index is 452. The standard InChI is InChI=1S/C14H12O2/c15-13-8-6-12(7-9-13)14(16)10-5-11-3-1-2-4-11/h1-11,15H/b10-5+. The molecule has 1 N–H and O–H groups in total. The van der Waals surface area contributed by atoms with Crippen LogP contribution in [-0.2, 0) is 0 Å². The average Bonchev–Trinajstić information content (AvgIpc) is 2.80. The summed E-state index contributed by atoms with van der Waals surface area (Å²) < 4.78 is 0. The molecule has 0 atom stereocenters. The van der Waals surface area contributed by atoms with Gasteiger partial charge in [-0.3, -0.25) is 4.79 Å². The van der Waals surface area contributed by atoms with Crippen LogP contribution >= 0.6 is 0 Å². The molecule has 1 aliphatic rings. The van der Waals surface area contributed by atoms with E-state index in [1.807, 2.05) is 30.4 Å². The molecule has 0 amide bonds. The molecule has 0 saturated carbocycles. The van der Waals surface area contributed by atoms with E-state index in [2.05, 4.69) is 0 Å². The minimum absolute atomic E-state index is 0.0475. The molecule has 0 unspecified atom stereocenters. The van der Waals surface area contributed by atoms with Crippen LogP contribution < -0.4 is 0 Å². The molecule has 0 heterocycles. The zero-order valence-corrected chi connectivity index (χ0v) is 8.71. The van der Waals surface area contributed by atoms with E-state index in [9.17, 15) is 4.79 Å². The fraction of sp³-hybridized carbons (Fsp3) is 0.0714. The maximum absolute atomic E-state index is 11.7.